The van der Waals surface area contributed by atoms with Crippen LogP contribution in [-0.4, -0.2) is 31.1 Å². The summed E-state index contributed by atoms with van der Waals surface area (Å²) in [5.74, 6) is 1.01. The minimum atomic E-state index is -1.33. The maximum Gasteiger partial charge on any atom is 0.325 e. The molecule has 0 atom stereocenters. The molecule has 0 aromatic heterocycles. The Balaban J connectivity index is 1.80. The molecule has 0 aliphatic carbocycles. The van der Waals surface area contributed by atoms with Gasteiger partial charge in [-0.05, 0) is 47.9 Å². The van der Waals surface area contributed by atoms with E-state index in [4.69, 9.17) is 9.47 Å². The third-order valence-corrected chi connectivity index (χ3v) is 5.57. The number of carbonyl (C=O) groups excluding carboxylic acids is 2. The van der Waals surface area contributed by atoms with E-state index in [0.29, 0.717) is 22.6 Å². The van der Waals surface area contributed by atoms with E-state index in [-0.39, 0.29) is 12.5 Å². The van der Waals surface area contributed by atoms with Crippen LogP contribution < -0.4 is 14.8 Å². The second-order valence-electron chi connectivity index (χ2n) is 7.52. The number of hydrogen-bond donors (Lipinski definition) is 1. The summed E-state index contributed by atoms with van der Waals surface area (Å²) in [4.78, 5) is 28.1. The molecule has 4 rings (SSSR count). The SMILES string of the molecule is COc1ccc(C2(c3ccc(OC)cc3)NC(=O)N(Cc3cccc(C)c3)C2=O)cc1. The van der Waals surface area contributed by atoms with E-state index in [1.54, 1.807) is 62.8 Å². The predicted octanol–water partition coefficient (Wildman–Crippen LogP) is 4.01. The summed E-state index contributed by atoms with van der Waals surface area (Å²) in [6.45, 7) is 2.18. The highest BCUT2D eigenvalue weighted by atomic mass is 16.5. The number of nitrogens with one attached hydrogen (secondary N) is 1. The van der Waals surface area contributed by atoms with Crippen molar-refractivity contribution in [2.45, 2.75) is 19.0 Å². The summed E-state index contributed by atoms with van der Waals surface area (Å²) in [6, 6.07) is 21.7. The Hall–Kier alpha value is -3.80. The fourth-order valence-corrected chi connectivity index (χ4v) is 3.95. The molecule has 31 heavy (non-hydrogen) atoms. The number of benzene rings is 3. The van der Waals surface area contributed by atoms with Crippen LogP contribution >= 0.6 is 0 Å². The summed E-state index contributed by atoms with van der Waals surface area (Å²) in [5, 5.41) is 2.97. The van der Waals surface area contributed by atoms with Gasteiger partial charge in [-0.15, -0.1) is 0 Å². The van der Waals surface area contributed by atoms with Crippen molar-refractivity contribution in [2.75, 3.05) is 14.2 Å². The summed E-state index contributed by atoms with van der Waals surface area (Å²) in [5.41, 5.74) is 1.94. The number of rotatable bonds is 6. The molecule has 1 heterocycles. The Morgan fingerprint density at radius 3 is 1.87 bits per heavy atom. The second-order valence-corrected chi connectivity index (χ2v) is 7.52. The van der Waals surface area contributed by atoms with E-state index in [1.807, 2.05) is 31.2 Å². The number of hydrogen-bond acceptors (Lipinski definition) is 4. The molecule has 6 heteroatoms. The van der Waals surface area contributed by atoms with Gasteiger partial charge in [0.15, 0.2) is 5.54 Å². The molecule has 1 aliphatic rings. The van der Waals surface area contributed by atoms with E-state index >= 15 is 0 Å². The quantitative estimate of drug-likeness (QED) is 0.617. The van der Waals surface area contributed by atoms with Crippen molar-refractivity contribution in [1.29, 1.82) is 0 Å². The minimum Gasteiger partial charge on any atom is -0.497 e. The molecule has 0 saturated carbocycles. The van der Waals surface area contributed by atoms with Crippen LogP contribution in [0.5, 0.6) is 11.5 Å². The molecule has 0 spiro atoms. The molecule has 1 N–H and O–H groups in total. The molecule has 6 nitrogen and oxygen atoms in total. The second kappa shape index (κ2) is 8.14. The molecule has 1 aliphatic heterocycles. The molecule has 3 aromatic carbocycles. The zero-order chi connectivity index (χ0) is 22.0. The monoisotopic (exact) mass is 416 g/mol. The third-order valence-electron chi connectivity index (χ3n) is 5.57. The molecular weight excluding hydrogens is 392 g/mol. The van der Waals surface area contributed by atoms with Gasteiger partial charge in [0.1, 0.15) is 11.5 Å². The van der Waals surface area contributed by atoms with Crippen LogP contribution in [0.15, 0.2) is 72.8 Å². The van der Waals surface area contributed by atoms with E-state index in [9.17, 15) is 9.59 Å². The lowest BCUT2D eigenvalue weighted by Crippen LogP contribution is -2.45. The Kier molecular flexibility index (Phi) is 5.38. The largest absolute Gasteiger partial charge is 0.497 e. The predicted molar refractivity (Wildman–Crippen MR) is 117 cm³/mol. The highest BCUT2D eigenvalue weighted by molar-refractivity contribution is 6.09. The van der Waals surface area contributed by atoms with Crippen LogP contribution in [0.2, 0.25) is 0 Å². The molecule has 158 valence electrons. The van der Waals surface area contributed by atoms with Crippen molar-refractivity contribution in [3.05, 3.63) is 95.1 Å². The van der Waals surface area contributed by atoms with E-state index in [1.165, 1.54) is 4.90 Å². The van der Waals surface area contributed by atoms with Crippen LogP contribution in [-0.2, 0) is 16.9 Å². The molecule has 1 saturated heterocycles. The first-order chi connectivity index (χ1) is 15.0. The van der Waals surface area contributed by atoms with Crippen molar-refractivity contribution in [3.63, 3.8) is 0 Å². The number of aryl methyl sites for hydroxylation is 1. The lowest BCUT2D eigenvalue weighted by atomic mass is 9.82. The Bertz CT molecular complexity index is 1060. The Morgan fingerprint density at radius 2 is 1.39 bits per heavy atom. The maximum absolute atomic E-state index is 13.8. The molecule has 3 aromatic rings. The van der Waals surface area contributed by atoms with Gasteiger partial charge in [-0.3, -0.25) is 9.69 Å². The van der Waals surface area contributed by atoms with Gasteiger partial charge in [0, 0.05) is 0 Å². The number of imide groups is 1. The minimum absolute atomic E-state index is 0.195. The maximum atomic E-state index is 13.8. The van der Waals surface area contributed by atoms with E-state index in [0.717, 1.165) is 11.1 Å². The normalized spacial score (nSPS) is 15.0. The molecule has 0 radical (unpaired) electrons. The Labute approximate surface area is 181 Å². The van der Waals surface area contributed by atoms with Gasteiger partial charge >= 0.3 is 6.03 Å². The highest BCUT2D eigenvalue weighted by Gasteiger charge is 2.53. The first kappa shape index (κ1) is 20.5. The molecule has 0 unspecified atom stereocenters. The number of nitrogens with zero attached hydrogens (tertiary/aromatic N) is 1. The summed E-state index contributed by atoms with van der Waals surface area (Å²) >= 11 is 0. The van der Waals surface area contributed by atoms with Crippen LogP contribution in [0.4, 0.5) is 4.79 Å². The molecular formula is C25H24N2O4. The summed E-state index contributed by atoms with van der Waals surface area (Å²) < 4.78 is 10.5. The van der Waals surface area contributed by atoms with Crippen LogP contribution in [0.1, 0.15) is 22.3 Å². The highest BCUT2D eigenvalue weighted by Crippen LogP contribution is 2.38. The lowest BCUT2D eigenvalue weighted by Gasteiger charge is -2.28. The third kappa shape index (κ3) is 3.61. The van der Waals surface area contributed by atoms with E-state index < -0.39 is 11.6 Å². The smallest absolute Gasteiger partial charge is 0.325 e. The van der Waals surface area contributed by atoms with Crippen LogP contribution in [0.3, 0.4) is 0 Å². The fourth-order valence-electron chi connectivity index (χ4n) is 3.95. The summed E-state index contributed by atoms with van der Waals surface area (Å²) in [6.07, 6.45) is 0. The molecule has 0 bridgehead atoms. The van der Waals surface area contributed by atoms with E-state index in [2.05, 4.69) is 5.32 Å². The van der Waals surface area contributed by atoms with Crippen LogP contribution in [0.25, 0.3) is 0 Å². The van der Waals surface area contributed by atoms with Crippen molar-refractivity contribution >= 4 is 11.9 Å². The van der Waals surface area contributed by atoms with Gasteiger partial charge in [0.25, 0.3) is 5.91 Å². The average Bonchev–Trinajstić information content (AvgIpc) is 3.05. The van der Waals surface area contributed by atoms with Gasteiger partial charge in [0.2, 0.25) is 0 Å². The topological polar surface area (TPSA) is 67.9 Å². The lowest BCUT2D eigenvalue weighted by molar-refractivity contribution is -0.130. The molecule has 1 fully saturated rings. The van der Waals surface area contributed by atoms with Crippen molar-refractivity contribution < 1.29 is 19.1 Å². The van der Waals surface area contributed by atoms with Crippen LogP contribution in [0, 0.1) is 6.92 Å². The first-order valence-electron chi connectivity index (χ1n) is 9.96. The number of amides is 3. The number of carbonyl (C=O) groups is 2. The van der Waals surface area contributed by atoms with Crippen molar-refractivity contribution in [1.82, 2.24) is 10.2 Å². The number of methoxy groups -OCH3 is 2. The standard InChI is InChI=1S/C25H24N2O4/c1-17-5-4-6-18(15-17)16-27-23(28)25(26-24(27)29,19-7-11-21(30-2)12-8-19)20-9-13-22(31-3)14-10-20/h4-15H,16H2,1-3H3,(H,26,29). The average molecular weight is 416 g/mol. The van der Waals surface area contributed by atoms with Crippen molar-refractivity contribution in [2.24, 2.45) is 0 Å². The summed E-state index contributed by atoms with van der Waals surface area (Å²) in [7, 11) is 3.17. The van der Waals surface area contributed by atoms with Gasteiger partial charge in [-0.2, -0.15) is 0 Å². The zero-order valence-corrected chi connectivity index (χ0v) is 17.7. The fraction of sp³-hybridized carbons (Fsp3) is 0.200. The number of urea groups is 1. The van der Waals surface area contributed by atoms with Gasteiger partial charge < -0.3 is 14.8 Å². The van der Waals surface area contributed by atoms with Gasteiger partial charge in [0.05, 0.1) is 20.8 Å². The Morgan fingerprint density at radius 1 is 0.839 bits per heavy atom. The van der Waals surface area contributed by atoms with Gasteiger partial charge in [-0.1, -0.05) is 54.1 Å². The van der Waals surface area contributed by atoms with Crippen molar-refractivity contribution in [3.8, 4) is 11.5 Å². The van der Waals surface area contributed by atoms with Gasteiger partial charge in [-0.25, -0.2) is 4.79 Å². The molecule has 3 amide bonds. The zero-order valence-electron chi connectivity index (χ0n) is 17.7. The number of ether oxygens (including phenoxy) is 2. The first-order valence-corrected chi connectivity index (χ1v) is 9.96.